The van der Waals surface area contributed by atoms with E-state index >= 15 is 0 Å². The van der Waals surface area contributed by atoms with Crippen molar-refractivity contribution in [2.24, 2.45) is 0 Å². The summed E-state index contributed by atoms with van der Waals surface area (Å²) in [6.45, 7) is 5.80. The molecule has 1 aliphatic heterocycles. The van der Waals surface area contributed by atoms with Crippen LogP contribution in [0.1, 0.15) is 56.1 Å². The van der Waals surface area contributed by atoms with Crippen molar-refractivity contribution >= 4 is 28.5 Å². The molecule has 3 aromatic carbocycles. The molecule has 1 aromatic heterocycles. The van der Waals surface area contributed by atoms with Crippen molar-refractivity contribution in [2.75, 3.05) is 11.5 Å². The van der Waals surface area contributed by atoms with Gasteiger partial charge in [0.05, 0.1) is 29.2 Å². The Balaban J connectivity index is 1.73. The van der Waals surface area contributed by atoms with E-state index in [0.717, 1.165) is 11.1 Å². The molecule has 1 N–H and O–H groups in total. The number of phenols is 1. The number of fused-ring (bicyclic) bond motifs is 2. The molecule has 1 aliphatic rings. The number of ether oxygens (including phenoxy) is 1. The fourth-order valence-electron chi connectivity index (χ4n) is 4.48. The number of rotatable bonds is 4. The Morgan fingerprint density at radius 2 is 1.74 bits per heavy atom. The number of aromatic hydroxyl groups is 1. The van der Waals surface area contributed by atoms with Crippen molar-refractivity contribution in [2.45, 2.75) is 26.8 Å². The molecule has 176 valence electrons. The maximum absolute atomic E-state index is 13.7. The highest BCUT2D eigenvalue weighted by atomic mass is 16.5. The van der Waals surface area contributed by atoms with Gasteiger partial charge in [0.25, 0.3) is 5.91 Å². The minimum absolute atomic E-state index is 0.0117. The zero-order valence-corrected chi connectivity index (χ0v) is 19.5. The smallest absolute Gasteiger partial charge is 0.338 e. The van der Waals surface area contributed by atoms with Gasteiger partial charge in [0.15, 0.2) is 5.43 Å². The average molecular weight is 469 g/mol. The maximum Gasteiger partial charge on any atom is 0.338 e. The molecule has 5 rings (SSSR count). The molecular formula is C28H23NO6. The lowest BCUT2D eigenvalue weighted by molar-refractivity contribution is 0.0526. The molecule has 0 radical (unpaired) electrons. The summed E-state index contributed by atoms with van der Waals surface area (Å²) in [5, 5.41) is 10.5. The number of amides is 1. The van der Waals surface area contributed by atoms with Crippen molar-refractivity contribution in [3.05, 3.63) is 104 Å². The van der Waals surface area contributed by atoms with Crippen LogP contribution in [0.4, 0.5) is 5.69 Å². The van der Waals surface area contributed by atoms with E-state index in [1.807, 2.05) is 13.8 Å². The molecule has 0 fully saturated rings. The van der Waals surface area contributed by atoms with Gasteiger partial charge in [-0.15, -0.1) is 0 Å². The van der Waals surface area contributed by atoms with E-state index in [-0.39, 0.29) is 29.1 Å². The predicted octanol–water partition coefficient (Wildman–Crippen LogP) is 5.04. The Morgan fingerprint density at radius 3 is 2.43 bits per heavy atom. The molecule has 0 spiro atoms. The number of hydrogen-bond donors (Lipinski definition) is 1. The molecule has 35 heavy (non-hydrogen) atoms. The number of carbonyl (C=O) groups is 2. The molecule has 4 aromatic rings. The fourth-order valence-corrected chi connectivity index (χ4v) is 4.48. The van der Waals surface area contributed by atoms with Crippen LogP contribution in [0.2, 0.25) is 0 Å². The molecule has 0 saturated carbocycles. The van der Waals surface area contributed by atoms with Crippen molar-refractivity contribution in [1.29, 1.82) is 0 Å². The van der Waals surface area contributed by atoms with E-state index in [0.29, 0.717) is 27.8 Å². The van der Waals surface area contributed by atoms with Crippen LogP contribution in [0.5, 0.6) is 5.75 Å². The Morgan fingerprint density at radius 1 is 1.03 bits per heavy atom. The molecular weight excluding hydrogens is 446 g/mol. The molecule has 0 bridgehead atoms. The highest BCUT2D eigenvalue weighted by molar-refractivity contribution is 6.11. The number of aryl methyl sites for hydroxylation is 2. The lowest BCUT2D eigenvalue weighted by Gasteiger charge is -2.25. The fraction of sp³-hybridized carbons (Fsp3) is 0.179. The Hall–Kier alpha value is -4.39. The van der Waals surface area contributed by atoms with Crippen LogP contribution in [0, 0.1) is 13.8 Å². The van der Waals surface area contributed by atoms with Crippen LogP contribution >= 0.6 is 0 Å². The van der Waals surface area contributed by atoms with Gasteiger partial charge >= 0.3 is 5.97 Å². The molecule has 1 unspecified atom stereocenters. The van der Waals surface area contributed by atoms with Gasteiger partial charge in [-0.1, -0.05) is 12.1 Å². The third-order valence-electron chi connectivity index (χ3n) is 6.33. The second kappa shape index (κ2) is 8.43. The van der Waals surface area contributed by atoms with E-state index in [2.05, 4.69) is 0 Å². The predicted molar refractivity (Wildman–Crippen MR) is 131 cm³/mol. The van der Waals surface area contributed by atoms with Gasteiger partial charge in [-0.25, -0.2) is 4.79 Å². The molecule has 2 heterocycles. The van der Waals surface area contributed by atoms with Gasteiger partial charge in [-0.2, -0.15) is 0 Å². The van der Waals surface area contributed by atoms with Gasteiger partial charge in [0, 0.05) is 5.69 Å². The van der Waals surface area contributed by atoms with Crippen LogP contribution in [0.15, 0.2) is 69.9 Å². The molecule has 7 heteroatoms. The monoisotopic (exact) mass is 469 g/mol. The summed E-state index contributed by atoms with van der Waals surface area (Å²) in [7, 11) is 0. The third kappa shape index (κ3) is 3.65. The van der Waals surface area contributed by atoms with Crippen LogP contribution in [-0.2, 0) is 4.74 Å². The van der Waals surface area contributed by atoms with E-state index in [9.17, 15) is 19.5 Å². The highest BCUT2D eigenvalue weighted by Gasteiger charge is 2.43. The summed E-state index contributed by atoms with van der Waals surface area (Å²) in [6, 6.07) is 15.6. The normalized spacial score (nSPS) is 14.9. The Labute approximate surface area is 201 Å². The van der Waals surface area contributed by atoms with E-state index in [4.69, 9.17) is 9.15 Å². The number of hydrogen-bond acceptors (Lipinski definition) is 6. The molecule has 7 nitrogen and oxygen atoms in total. The summed E-state index contributed by atoms with van der Waals surface area (Å²) >= 11 is 0. The topological polar surface area (TPSA) is 97.0 Å². The largest absolute Gasteiger partial charge is 0.508 e. The second-order valence-corrected chi connectivity index (χ2v) is 8.55. The number of carbonyl (C=O) groups excluding carboxylic acids is 2. The highest BCUT2D eigenvalue weighted by Crippen LogP contribution is 2.42. The first-order valence-electron chi connectivity index (χ1n) is 11.3. The summed E-state index contributed by atoms with van der Waals surface area (Å²) in [6.07, 6.45) is 0. The molecule has 0 aliphatic carbocycles. The van der Waals surface area contributed by atoms with Crippen molar-refractivity contribution in [3.8, 4) is 5.75 Å². The number of nitrogens with zero attached hydrogens (tertiary/aromatic N) is 1. The summed E-state index contributed by atoms with van der Waals surface area (Å²) < 4.78 is 11.1. The van der Waals surface area contributed by atoms with Gasteiger partial charge < -0.3 is 14.3 Å². The van der Waals surface area contributed by atoms with Crippen molar-refractivity contribution < 1.29 is 23.8 Å². The third-order valence-corrected chi connectivity index (χ3v) is 6.33. The number of phenolic OH excluding ortho intramolecular Hbond substituents is 1. The number of anilines is 1. The van der Waals surface area contributed by atoms with E-state index < -0.39 is 17.9 Å². The summed E-state index contributed by atoms with van der Waals surface area (Å²) in [5.41, 5.74) is 3.53. The maximum atomic E-state index is 13.7. The first-order chi connectivity index (χ1) is 16.8. The first-order valence-corrected chi connectivity index (χ1v) is 11.3. The number of esters is 1. The SMILES string of the molecule is CCOC(=O)c1ccc(N2C(=O)c3oc4cc(C)c(C)cc4c(=O)c3C2c2cccc(O)c2)cc1. The summed E-state index contributed by atoms with van der Waals surface area (Å²) in [5.74, 6) is -0.964. The Kier molecular flexibility index (Phi) is 5.40. The molecule has 1 amide bonds. The van der Waals surface area contributed by atoms with Gasteiger partial charge in [0.1, 0.15) is 11.3 Å². The van der Waals surface area contributed by atoms with E-state index in [1.165, 1.54) is 17.0 Å². The Bertz CT molecular complexity index is 1550. The summed E-state index contributed by atoms with van der Waals surface area (Å²) in [4.78, 5) is 40.9. The zero-order valence-electron chi connectivity index (χ0n) is 19.5. The lowest BCUT2D eigenvalue weighted by Crippen LogP contribution is -2.29. The molecule has 0 saturated heterocycles. The standard InChI is InChI=1S/C28H23NO6/c1-4-34-28(33)17-8-10-19(11-9-17)29-24(18-6-5-7-20(30)14-18)23-25(31)21-12-15(2)16(3)13-22(21)35-26(23)27(29)32/h5-14,24,30H,4H2,1-3H3. The quantitative estimate of drug-likeness (QED) is 0.421. The average Bonchev–Trinajstić information content (AvgIpc) is 3.13. The van der Waals surface area contributed by atoms with E-state index in [1.54, 1.807) is 55.5 Å². The van der Waals surface area contributed by atoms with Crippen LogP contribution in [0.25, 0.3) is 11.0 Å². The second-order valence-electron chi connectivity index (χ2n) is 8.55. The van der Waals surface area contributed by atoms with Crippen LogP contribution < -0.4 is 10.3 Å². The van der Waals surface area contributed by atoms with Gasteiger partial charge in [-0.3, -0.25) is 14.5 Å². The van der Waals surface area contributed by atoms with Crippen LogP contribution in [-0.4, -0.2) is 23.6 Å². The van der Waals surface area contributed by atoms with Gasteiger partial charge in [-0.05, 0) is 86.0 Å². The lowest BCUT2D eigenvalue weighted by atomic mass is 9.97. The zero-order chi connectivity index (χ0) is 24.9. The number of benzene rings is 3. The molecule has 1 atom stereocenters. The van der Waals surface area contributed by atoms with Crippen molar-refractivity contribution in [3.63, 3.8) is 0 Å². The van der Waals surface area contributed by atoms with Crippen molar-refractivity contribution in [1.82, 2.24) is 0 Å². The minimum atomic E-state index is -0.819. The first kappa shape index (κ1) is 22.4. The minimum Gasteiger partial charge on any atom is -0.508 e. The van der Waals surface area contributed by atoms with Gasteiger partial charge in [0.2, 0.25) is 5.76 Å². The van der Waals surface area contributed by atoms with Crippen LogP contribution in [0.3, 0.4) is 0 Å².